The van der Waals surface area contributed by atoms with Crippen molar-refractivity contribution in [3.8, 4) is 11.4 Å². The summed E-state index contributed by atoms with van der Waals surface area (Å²) in [5, 5.41) is 16.3. The first-order valence-corrected chi connectivity index (χ1v) is 12.6. The number of H-pyrrole nitrogens is 2. The highest BCUT2D eigenvalue weighted by Gasteiger charge is 2.36. The Balaban J connectivity index is 1.41. The smallest absolute Gasteiger partial charge is 0.261 e. The predicted octanol–water partition coefficient (Wildman–Crippen LogP) is 6.98. The SMILES string of the molecule is Cc1[nH]c2ccccc2c1-c1nc2c3cc(N4C(=O)c5ccccc5C4O)ccc3c3ccccc3c2[nH]1. The molecule has 1 atom stereocenters. The van der Waals surface area contributed by atoms with Crippen molar-refractivity contribution in [1.29, 1.82) is 0 Å². The fourth-order valence-corrected chi connectivity index (χ4v) is 6.07. The first-order valence-electron chi connectivity index (χ1n) is 12.6. The summed E-state index contributed by atoms with van der Waals surface area (Å²) in [7, 11) is 0. The van der Waals surface area contributed by atoms with E-state index in [1.165, 1.54) is 4.90 Å². The molecule has 0 saturated carbocycles. The molecular weight excluding hydrogens is 472 g/mol. The standard InChI is InChI=1S/C32H22N4O2/c1-17-27(24-12-6-7-13-26(24)33-17)30-34-28-21-9-3-2-8-19(21)20-15-14-18(16-25(20)29(28)35-30)36-31(37)22-10-4-5-11-23(22)32(36)38/h2-16,31,33,37H,1H3,(H,34,35). The zero-order valence-corrected chi connectivity index (χ0v) is 20.5. The number of imidazole rings is 1. The highest BCUT2D eigenvalue weighted by atomic mass is 16.3. The molecule has 38 heavy (non-hydrogen) atoms. The average molecular weight is 495 g/mol. The largest absolute Gasteiger partial charge is 0.369 e. The van der Waals surface area contributed by atoms with Crippen molar-refractivity contribution >= 4 is 55.1 Å². The Morgan fingerprint density at radius 3 is 2.34 bits per heavy atom. The first kappa shape index (κ1) is 21.2. The van der Waals surface area contributed by atoms with E-state index in [9.17, 15) is 9.90 Å². The van der Waals surface area contributed by atoms with Gasteiger partial charge in [-0.3, -0.25) is 9.69 Å². The minimum Gasteiger partial charge on any atom is -0.369 e. The monoisotopic (exact) mass is 494 g/mol. The summed E-state index contributed by atoms with van der Waals surface area (Å²) in [6.45, 7) is 2.06. The Bertz CT molecular complexity index is 2100. The molecular formula is C32H22N4O2. The molecule has 3 N–H and O–H groups in total. The lowest BCUT2D eigenvalue weighted by Gasteiger charge is -2.21. The summed E-state index contributed by atoms with van der Waals surface area (Å²) in [4.78, 5) is 27.0. The van der Waals surface area contributed by atoms with Crippen molar-refractivity contribution in [3.05, 3.63) is 108 Å². The summed E-state index contributed by atoms with van der Waals surface area (Å²) >= 11 is 0. The molecule has 1 aliphatic rings. The van der Waals surface area contributed by atoms with Gasteiger partial charge in [-0.05, 0) is 42.0 Å². The van der Waals surface area contributed by atoms with Gasteiger partial charge < -0.3 is 15.1 Å². The third-order valence-electron chi connectivity index (χ3n) is 7.79. The molecule has 0 fully saturated rings. The zero-order valence-electron chi connectivity index (χ0n) is 20.5. The van der Waals surface area contributed by atoms with Crippen LogP contribution in [0.2, 0.25) is 0 Å². The number of anilines is 1. The number of hydrogen-bond acceptors (Lipinski definition) is 3. The van der Waals surface area contributed by atoms with Crippen molar-refractivity contribution in [1.82, 2.24) is 15.0 Å². The van der Waals surface area contributed by atoms with Crippen LogP contribution in [0.25, 0.3) is 54.9 Å². The number of aryl methyl sites for hydroxylation is 1. The molecule has 0 saturated heterocycles. The van der Waals surface area contributed by atoms with E-state index in [4.69, 9.17) is 4.98 Å². The topological polar surface area (TPSA) is 85.0 Å². The summed E-state index contributed by atoms with van der Waals surface area (Å²) in [5.41, 5.74) is 6.72. The number of carbonyl (C=O) groups is 1. The molecule has 1 amide bonds. The molecule has 3 heterocycles. The van der Waals surface area contributed by atoms with Gasteiger partial charge in [-0.25, -0.2) is 4.98 Å². The van der Waals surface area contributed by atoms with Crippen LogP contribution in [0.5, 0.6) is 0 Å². The Morgan fingerprint density at radius 1 is 0.789 bits per heavy atom. The summed E-state index contributed by atoms with van der Waals surface area (Å²) in [6, 6.07) is 29.7. The average Bonchev–Trinajstić information content (AvgIpc) is 3.60. The Labute approximate surface area is 217 Å². The molecule has 0 spiro atoms. The van der Waals surface area contributed by atoms with Gasteiger partial charge in [0.25, 0.3) is 5.91 Å². The van der Waals surface area contributed by atoms with Gasteiger partial charge in [-0.2, -0.15) is 0 Å². The number of aliphatic hydroxyl groups excluding tert-OH is 1. The zero-order chi connectivity index (χ0) is 25.5. The van der Waals surface area contributed by atoms with Crippen LogP contribution in [0.1, 0.15) is 27.8 Å². The molecule has 1 aliphatic heterocycles. The number of aromatic amines is 2. The molecule has 0 aliphatic carbocycles. The second-order valence-electron chi connectivity index (χ2n) is 9.89. The van der Waals surface area contributed by atoms with E-state index in [2.05, 4.69) is 41.2 Å². The van der Waals surface area contributed by atoms with Crippen LogP contribution in [-0.4, -0.2) is 26.0 Å². The van der Waals surface area contributed by atoms with Crippen LogP contribution in [-0.2, 0) is 0 Å². The molecule has 2 aromatic heterocycles. The van der Waals surface area contributed by atoms with E-state index in [1.54, 1.807) is 12.1 Å². The van der Waals surface area contributed by atoms with E-state index in [0.29, 0.717) is 16.8 Å². The maximum absolute atomic E-state index is 13.3. The molecule has 6 nitrogen and oxygen atoms in total. The van der Waals surface area contributed by atoms with Gasteiger partial charge in [0.05, 0.1) is 11.0 Å². The Hall–Kier alpha value is -4.94. The van der Waals surface area contributed by atoms with Crippen molar-refractivity contribution in [2.45, 2.75) is 13.2 Å². The van der Waals surface area contributed by atoms with E-state index in [-0.39, 0.29) is 5.91 Å². The number of carbonyl (C=O) groups excluding carboxylic acids is 1. The Morgan fingerprint density at radius 2 is 1.50 bits per heavy atom. The van der Waals surface area contributed by atoms with Crippen LogP contribution >= 0.6 is 0 Å². The van der Waals surface area contributed by atoms with Crippen molar-refractivity contribution in [2.75, 3.05) is 4.90 Å². The van der Waals surface area contributed by atoms with E-state index in [1.807, 2.05) is 54.6 Å². The van der Waals surface area contributed by atoms with Gasteiger partial charge in [-0.15, -0.1) is 0 Å². The lowest BCUT2D eigenvalue weighted by Crippen LogP contribution is -2.27. The van der Waals surface area contributed by atoms with Crippen LogP contribution in [0.3, 0.4) is 0 Å². The number of nitrogens with one attached hydrogen (secondary N) is 2. The van der Waals surface area contributed by atoms with Crippen LogP contribution in [0.15, 0.2) is 91.0 Å². The van der Waals surface area contributed by atoms with E-state index >= 15 is 0 Å². The maximum Gasteiger partial charge on any atom is 0.261 e. The van der Waals surface area contributed by atoms with Crippen molar-refractivity contribution < 1.29 is 9.90 Å². The third kappa shape index (κ3) is 2.75. The third-order valence-corrected chi connectivity index (χ3v) is 7.79. The molecule has 5 aromatic carbocycles. The fraction of sp³-hybridized carbons (Fsp3) is 0.0625. The molecule has 0 radical (unpaired) electrons. The lowest BCUT2D eigenvalue weighted by molar-refractivity contribution is 0.0935. The van der Waals surface area contributed by atoms with Gasteiger partial charge >= 0.3 is 0 Å². The maximum atomic E-state index is 13.3. The number of fused-ring (bicyclic) bond motifs is 8. The van der Waals surface area contributed by atoms with Crippen LogP contribution < -0.4 is 4.90 Å². The normalized spacial score (nSPS) is 15.4. The molecule has 182 valence electrons. The summed E-state index contributed by atoms with van der Waals surface area (Å²) < 4.78 is 0. The number of benzene rings is 5. The molecule has 0 bridgehead atoms. The fourth-order valence-electron chi connectivity index (χ4n) is 6.07. The number of rotatable bonds is 2. The summed E-state index contributed by atoms with van der Waals surface area (Å²) in [5.74, 6) is 0.587. The van der Waals surface area contributed by atoms with Gasteiger partial charge in [0.1, 0.15) is 5.82 Å². The van der Waals surface area contributed by atoms with E-state index in [0.717, 1.165) is 60.6 Å². The summed E-state index contributed by atoms with van der Waals surface area (Å²) in [6.07, 6.45) is -1.03. The Kier molecular flexibility index (Phi) is 4.20. The molecule has 1 unspecified atom stereocenters. The number of amides is 1. The van der Waals surface area contributed by atoms with Gasteiger partial charge in [0.15, 0.2) is 6.23 Å². The second-order valence-corrected chi connectivity index (χ2v) is 9.89. The number of aliphatic hydroxyl groups is 1. The molecule has 7 aromatic rings. The predicted molar refractivity (Wildman–Crippen MR) is 151 cm³/mol. The highest BCUT2D eigenvalue weighted by Crippen LogP contribution is 2.41. The second kappa shape index (κ2) is 7.54. The molecule has 8 rings (SSSR count). The van der Waals surface area contributed by atoms with Gasteiger partial charge in [0, 0.05) is 49.7 Å². The van der Waals surface area contributed by atoms with Gasteiger partial charge in [0.2, 0.25) is 0 Å². The molecule has 6 heteroatoms. The minimum atomic E-state index is -1.03. The number of aromatic nitrogens is 3. The van der Waals surface area contributed by atoms with E-state index < -0.39 is 6.23 Å². The number of nitrogens with zero attached hydrogens (tertiary/aromatic N) is 2. The quantitative estimate of drug-likeness (QED) is 0.227. The first-order chi connectivity index (χ1) is 18.6. The van der Waals surface area contributed by atoms with Crippen molar-refractivity contribution in [2.24, 2.45) is 0 Å². The number of para-hydroxylation sites is 1. The van der Waals surface area contributed by atoms with Crippen molar-refractivity contribution in [3.63, 3.8) is 0 Å². The lowest BCUT2D eigenvalue weighted by atomic mass is 9.99. The van der Waals surface area contributed by atoms with Crippen LogP contribution in [0.4, 0.5) is 5.69 Å². The van der Waals surface area contributed by atoms with Gasteiger partial charge in [-0.1, -0.05) is 66.7 Å². The van der Waals surface area contributed by atoms with Crippen LogP contribution in [0, 0.1) is 6.92 Å². The highest BCUT2D eigenvalue weighted by molar-refractivity contribution is 6.24. The number of hydrogen-bond donors (Lipinski definition) is 3. The minimum absolute atomic E-state index is 0.207.